The van der Waals surface area contributed by atoms with Gasteiger partial charge in [0.25, 0.3) is 0 Å². The van der Waals surface area contributed by atoms with Crippen LogP contribution in [-0.4, -0.2) is 56.3 Å². The van der Waals surface area contributed by atoms with Crippen molar-refractivity contribution in [3.05, 3.63) is 0 Å². The van der Waals surface area contributed by atoms with E-state index < -0.39 is 29.3 Å². The van der Waals surface area contributed by atoms with Gasteiger partial charge in [0.15, 0.2) is 0 Å². The van der Waals surface area contributed by atoms with E-state index in [9.17, 15) is 10.2 Å². The number of ether oxygens (including phenoxy) is 1. The molecule has 1 saturated heterocycles. The highest BCUT2D eigenvalue weighted by molar-refractivity contribution is 8.15. The van der Waals surface area contributed by atoms with Gasteiger partial charge < -0.3 is 20.1 Å². The van der Waals surface area contributed by atoms with Crippen molar-refractivity contribution < 1.29 is 20.1 Å². The fourth-order valence-corrected chi connectivity index (χ4v) is 3.33. The maximum absolute atomic E-state index is 9.87. The SMILES string of the molecule is CC1=N[C@@H]2[C@@H](O)[C@H](O)[C@@H](CO)O[C@]2(C)S1. The van der Waals surface area contributed by atoms with E-state index in [0.717, 1.165) is 5.04 Å². The van der Waals surface area contributed by atoms with Crippen LogP contribution in [0.25, 0.3) is 0 Å². The summed E-state index contributed by atoms with van der Waals surface area (Å²) in [6, 6.07) is -0.458. The lowest BCUT2D eigenvalue weighted by molar-refractivity contribution is -0.194. The van der Waals surface area contributed by atoms with Crippen LogP contribution in [0.4, 0.5) is 0 Å². The summed E-state index contributed by atoms with van der Waals surface area (Å²) in [5.74, 6) is 0. The van der Waals surface area contributed by atoms with Crippen LogP contribution in [0.5, 0.6) is 0 Å². The Morgan fingerprint density at radius 2 is 2.13 bits per heavy atom. The van der Waals surface area contributed by atoms with Crippen LogP contribution < -0.4 is 0 Å². The summed E-state index contributed by atoms with van der Waals surface area (Å²) in [5.41, 5.74) is 0. The first-order chi connectivity index (χ1) is 6.98. The third-order valence-electron chi connectivity index (χ3n) is 2.83. The van der Waals surface area contributed by atoms with Gasteiger partial charge in [0.2, 0.25) is 0 Å². The van der Waals surface area contributed by atoms with Gasteiger partial charge in [-0.1, -0.05) is 11.8 Å². The zero-order valence-electron chi connectivity index (χ0n) is 8.62. The monoisotopic (exact) mass is 233 g/mol. The van der Waals surface area contributed by atoms with Crippen LogP contribution >= 0.6 is 11.8 Å². The highest BCUT2D eigenvalue weighted by Crippen LogP contribution is 2.45. The lowest BCUT2D eigenvalue weighted by atomic mass is 9.93. The van der Waals surface area contributed by atoms with Crippen molar-refractivity contribution in [2.75, 3.05) is 6.61 Å². The van der Waals surface area contributed by atoms with E-state index in [-0.39, 0.29) is 6.61 Å². The van der Waals surface area contributed by atoms with Crippen molar-refractivity contribution >= 4 is 16.8 Å². The molecule has 86 valence electrons. The summed E-state index contributed by atoms with van der Waals surface area (Å²) >= 11 is 1.42. The third kappa shape index (κ3) is 1.70. The van der Waals surface area contributed by atoms with Gasteiger partial charge in [-0.2, -0.15) is 0 Å². The Morgan fingerprint density at radius 3 is 2.73 bits per heavy atom. The molecule has 0 aromatic heterocycles. The number of aliphatic imine (C=N–C) groups is 1. The first-order valence-corrected chi connectivity index (χ1v) is 5.68. The van der Waals surface area contributed by atoms with Crippen LogP contribution in [0.3, 0.4) is 0 Å². The van der Waals surface area contributed by atoms with Gasteiger partial charge in [-0.05, 0) is 13.8 Å². The predicted octanol–water partition coefficient (Wildman–Crippen LogP) is -0.651. The number of hydrogen-bond donors (Lipinski definition) is 3. The van der Waals surface area contributed by atoms with Gasteiger partial charge in [0.05, 0.1) is 11.7 Å². The molecule has 0 aromatic carbocycles. The molecule has 0 saturated carbocycles. The molecule has 2 aliphatic heterocycles. The highest BCUT2D eigenvalue weighted by Gasteiger charge is 2.54. The maximum Gasteiger partial charge on any atom is 0.141 e. The molecule has 0 spiro atoms. The summed E-state index contributed by atoms with van der Waals surface area (Å²) in [6.45, 7) is 3.35. The molecule has 5 atom stereocenters. The summed E-state index contributed by atoms with van der Waals surface area (Å²) in [5, 5.41) is 29.4. The van der Waals surface area contributed by atoms with Crippen LogP contribution in [0.2, 0.25) is 0 Å². The first kappa shape index (κ1) is 11.3. The van der Waals surface area contributed by atoms with Crippen molar-refractivity contribution in [2.45, 2.75) is 43.1 Å². The number of thioether (sulfide) groups is 1. The fraction of sp³-hybridized carbons (Fsp3) is 0.889. The van der Waals surface area contributed by atoms with Gasteiger partial charge >= 0.3 is 0 Å². The number of aliphatic hydroxyl groups is 3. The minimum Gasteiger partial charge on any atom is -0.394 e. The minimum atomic E-state index is -1.08. The van der Waals surface area contributed by atoms with Crippen molar-refractivity contribution in [3.63, 3.8) is 0 Å². The molecule has 3 N–H and O–H groups in total. The number of fused-ring (bicyclic) bond motifs is 1. The molecule has 6 heteroatoms. The second kappa shape index (κ2) is 3.71. The van der Waals surface area contributed by atoms with Gasteiger partial charge in [-0.25, -0.2) is 0 Å². The van der Waals surface area contributed by atoms with Gasteiger partial charge in [0.1, 0.15) is 29.3 Å². The number of nitrogens with zero attached hydrogens (tertiary/aromatic N) is 1. The van der Waals surface area contributed by atoms with E-state index in [4.69, 9.17) is 9.84 Å². The van der Waals surface area contributed by atoms with E-state index in [1.165, 1.54) is 11.8 Å². The normalized spacial score (nSPS) is 50.1. The minimum absolute atomic E-state index is 0.305. The molecule has 0 bridgehead atoms. The fourth-order valence-electron chi connectivity index (χ4n) is 2.10. The predicted molar refractivity (Wildman–Crippen MR) is 56.9 cm³/mol. The Hall–Kier alpha value is -0.140. The van der Waals surface area contributed by atoms with Gasteiger partial charge in [-0.15, -0.1) is 0 Å². The zero-order valence-corrected chi connectivity index (χ0v) is 9.44. The van der Waals surface area contributed by atoms with Crippen molar-refractivity contribution in [1.29, 1.82) is 0 Å². The molecule has 0 amide bonds. The van der Waals surface area contributed by atoms with Crippen molar-refractivity contribution in [1.82, 2.24) is 0 Å². The zero-order chi connectivity index (χ0) is 11.2. The van der Waals surface area contributed by atoms with Crippen LogP contribution in [0, 0.1) is 0 Å². The molecular weight excluding hydrogens is 218 g/mol. The average Bonchev–Trinajstić information content (AvgIpc) is 2.48. The summed E-state index contributed by atoms with van der Waals surface area (Å²) in [4.78, 5) is 3.57. The Morgan fingerprint density at radius 1 is 1.47 bits per heavy atom. The molecule has 1 fully saturated rings. The number of hydrogen-bond acceptors (Lipinski definition) is 6. The van der Waals surface area contributed by atoms with Crippen LogP contribution in [0.1, 0.15) is 13.8 Å². The molecule has 5 nitrogen and oxygen atoms in total. The van der Waals surface area contributed by atoms with Gasteiger partial charge in [-0.3, -0.25) is 4.99 Å². The highest BCUT2D eigenvalue weighted by atomic mass is 32.2. The van der Waals surface area contributed by atoms with Crippen LogP contribution in [0.15, 0.2) is 4.99 Å². The largest absolute Gasteiger partial charge is 0.394 e. The van der Waals surface area contributed by atoms with E-state index in [0.29, 0.717) is 0 Å². The van der Waals surface area contributed by atoms with E-state index >= 15 is 0 Å². The van der Waals surface area contributed by atoms with E-state index in [1.54, 1.807) is 0 Å². The molecule has 0 unspecified atom stereocenters. The lowest BCUT2D eigenvalue weighted by Gasteiger charge is -2.43. The molecule has 0 aromatic rings. The average molecular weight is 233 g/mol. The van der Waals surface area contributed by atoms with E-state index in [1.807, 2.05) is 13.8 Å². The topological polar surface area (TPSA) is 82.3 Å². The van der Waals surface area contributed by atoms with Crippen molar-refractivity contribution in [3.8, 4) is 0 Å². The van der Waals surface area contributed by atoms with Gasteiger partial charge in [0, 0.05) is 0 Å². The molecule has 0 radical (unpaired) electrons. The maximum atomic E-state index is 9.87. The second-order valence-electron chi connectivity index (χ2n) is 4.03. The van der Waals surface area contributed by atoms with Crippen molar-refractivity contribution in [2.24, 2.45) is 4.99 Å². The smallest absolute Gasteiger partial charge is 0.141 e. The lowest BCUT2D eigenvalue weighted by Crippen LogP contribution is -2.60. The first-order valence-electron chi connectivity index (χ1n) is 4.86. The Balaban J connectivity index is 2.26. The molecule has 15 heavy (non-hydrogen) atoms. The quantitative estimate of drug-likeness (QED) is 0.560. The number of rotatable bonds is 1. The van der Waals surface area contributed by atoms with E-state index in [2.05, 4.69) is 4.99 Å². The second-order valence-corrected chi connectivity index (χ2v) is 5.64. The Labute approximate surface area is 92.2 Å². The summed E-state index contributed by atoms with van der Waals surface area (Å²) in [7, 11) is 0. The van der Waals surface area contributed by atoms with Crippen LogP contribution in [-0.2, 0) is 4.74 Å². The molecule has 2 rings (SSSR count). The molecule has 0 aliphatic carbocycles. The Kier molecular flexibility index (Phi) is 2.81. The molecule has 2 heterocycles. The Bertz CT molecular complexity index is 298. The standard InChI is InChI=1S/C9H15NO4S/c1-4-10-8-7(13)6(12)5(3-11)14-9(8,2)15-4/h5-8,11-13H,3H2,1-2H3/t5-,6-,7+,8-,9-/m1/s1. The molecule has 2 aliphatic rings. The summed E-state index contributed by atoms with van der Waals surface area (Å²) in [6.07, 6.45) is -2.80. The number of aliphatic hydroxyl groups excluding tert-OH is 3. The molecular formula is C9H15NO4S. The summed E-state index contributed by atoms with van der Waals surface area (Å²) < 4.78 is 5.59. The third-order valence-corrected chi connectivity index (χ3v) is 3.97.